The van der Waals surface area contributed by atoms with Crippen LogP contribution in [0.3, 0.4) is 0 Å². The molecule has 23 heavy (non-hydrogen) atoms. The molecule has 0 aliphatic rings. The highest BCUT2D eigenvalue weighted by molar-refractivity contribution is 5.76. The number of allylic oxidation sites excluding steroid dienone is 2. The monoisotopic (exact) mass is 304 g/mol. The molecule has 0 saturated heterocycles. The number of aromatic nitrogens is 2. The van der Waals surface area contributed by atoms with E-state index in [1.165, 1.54) is 0 Å². The summed E-state index contributed by atoms with van der Waals surface area (Å²) in [5.74, 6) is 0. The summed E-state index contributed by atoms with van der Waals surface area (Å²) < 4.78 is 5.12. The van der Waals surface area contributed by atoms with Gasteiger partial charge in [-0.05, 0) is 38.1 Å². The second-order valence-corrected chi connectivity index (χ2v) is 4.67. The van der Waals surface area contributed by atoms with E-state index >= 15 is 0 Å². The number of fused-ring (bicyclic) bond motifs is 2. The Hall–Kier alpha value is -2.94. The first-order valence-corrected chi connectivity index (χ1v) is 7.50. The fourth-order valence-corrected chi connectivity index (χ4v) is 1.82. The first-order chi connectivity index (χ1) is 11.3. The molecule has 0 saturated carbocycles. The first kappa shape index (κ1) is 16.4. The summed E-state index contributed by atoms with van der Waals surface area (Å²) in [6, 6.07) is 17.7. The fraction of sp³-hybridized carbons (Fsp3) is 0.100. The second kappa shape index (κ2) is 9.15. The Balaban J connectivity index is 0.000000137. The third kappa shape index (κ3) is 5.08. The fourth-order valence-electron chi connectivity index (χ4n) is 1.82. The van der Waals surface area contributed by atoms with Crippen LogP contribution < -0.4 is 0 Å². The van der Waals surface area contributed by atoms with E-state index in [0.717, 1.165) is 22.0 Å². The molecule has 4 rings (SSSR count). The van der Waals surface area contributed by atoms with Crippen molar-refractivity contribution in [3.63, 3.8) is 0 Å². The summed E-state index contributed by atoms with van der Waals surface area (Å²) in [6.45, 7) is 4.00. The third-order valence-electron chi connectivity index (χ3n) is 3.07. The lowest BCUT2D eigenvalue weighted by Crippen LogP contribution is -1.78. The molecule has 3 nitrogen and oxygen atoms in total. The number of rotatable bonds is 0. The smallest absolute Gasteiger partial charge is 0.133 e. The summed E-state index contributed by atoms with van der Waals surface area (Å²) in [7, 11) is 0. The molecule has 0 N–H and O–H groups in total. The van der Waals surface area contributed by atoms with E-state index in [2.05, 4.69) is 9.97 Å². The van der Waals surface area contributed by atoms with Gasteiger partial charge in [0.05, 0.1) is 17.3 Å². The van der Waals surface area contributed by atoms with E-state index in [1.54, 1.807) is 18.7 Å². The molecule has 0 bridgehead atoms. The van der Waals surface area contributed by atoms with Crippen LogP contribution in [-0.4, -0.2) is 9.97 Å². The van der Waals surface area contributed by atoms with E-state index < -0.39 is 0 Å². The lowest BCUT2D eigenvalue weighted by Gasteiger charge is -1.90. The van der Waals surface area contributed by atoms with Gasteiger partial charge in [-0.15, -0.1) is 0 Å². The van der Waals surface area contributed by atoms with Crippen molar-refractivity contribution in [3.05, 3.63) is 85.4 Å². The largest absolute Gasteiger partial charge is 0.464 e. The molecule has 0 radical (unpaired) electrons. The van der Waals surface area contributed by atoms with Gasteiger partial charge in [0.1, 0.15) is 5.58 Å². The molecule has 0 fully saturated rings. The Bertz CT molecular complexity index is 766. The van der Waals surface area contributed by atoms with E-state index in [1.807, 2.05) is 80.6 Å². The van der Waals surface area contributed by atoms with Crippen LogP contribution in [0, 0.1) is 0 Å². The molecule has 2 aromatic carbocycles. The van der Waals surface area contributed by atoms with E-state index in [9.17, 15) is 0 Å². The van der Waals surface area contributed by atoms with Gasteiger partial charge >= 0.3 is 0 Å². The number of furan rings is 1. The topological polar surface area (TPSA) is 38.9 Å². The van der Waals surface area contributed by atoms with Gasteiger partial charge in [0, 0.05) is 17.8 Å². The van der Waals surface area contributed by atoms with Crippen LogP contribution in [-0.2, 0) is 0 Å². The molecule has 0 aliphatic heterocycles. The van der Waals surface area contributed by atoms with Crippen LogP contribution in [0.1, 0.15) is 13.8 Å². The van der Waals surface area contributed by atoms with Gasteiger partial charge in [-0.2, -0.15) is 0 Å². The molecule has 3 heteroatoms. The lowest BCUT2D eigenvalue weighted by molar-refractivity contribution is 0.616. The number of para-hydroxylation sites is 3. The SMILES string of the molecule is C/C=C\C.c1ccc2nccnc2c1.c1ccc2occc2c1. The number of benzene rings is 2. The summed E-state index contributed by atoms with van der Waals surface area (Å²) in [6.07, 6.45) is 9.09. The summed E-state index contributed by atoms with van der Waals surface area (Å²) >= 11 is 0. The summed E-state index contributed by atoms with van der Waals surface area (Å²) in [4.78, 5) is 8.24. The summed E-state index contributed by atoms with van der Waals surface area (Å²) in [5.41, 5.74) is 2.85. The van der Waals surface area contributed by atoms with Crippen molar-refractivity contribution in [2.75, 3.05) is 0 Å². The number of hydrogen-bond acceptors (Lipinski definition) is 3. The van der Waals surface area contributed by atoms with Gasteiger partial charge < -0.3 is 4.42 Å². The van der Waals surface area contributed by atoms with Gasteiger partial charge in [0.2, 0.25) is 0 Å². The highest BCUT2D eigenvalue weighted by Crippen LogP contribution is 2.12. The molecular weight excluding hydrogens is 284 g/mol. The molecule has 2 heterocycles. The van der Waals surface area contributed by atoms with Crippen LogP contribution in [0.25, 0.3) is 22.0 Å². The van der Waals surface area contributed by atoms with Crippen LogP contribution in [0.5, 0.6) is 0 Å². The molecule has 2 aromatic heterocycles. The molecule has 116 valence electrons. The van der Waals surface area contributed by atoms with Crippen molar-refractivity contribution in [2.45, 2.75) is 13.8 Å². The van der Waals surface area contributed by atoms with E-state index in [0.29, 0.717) is 0 Å². The Kier molecular flexibility index (Phi) is 6.54. The van der Waals surface area contributed by atoms with Gasteiger partial charge in [-0.3, -0.25) is 9.97 Å². The molecular formula is C20H20N2O. The second-order valence-electron chi connectivity index (χ2n) is 4.67. The molecule has 0 amide bonds. The zero-order valence-corrected chi connectivity index (χ0v) is 13.4. The Labute approximate surface area is 136 Å². The molecule has 0 unspecified atom stereocenters. The molecule has 4 aromatic rings. The standard InChI is InChI=1S/C8H6N2.C8H6O.C4H8/c1-2-4-8-7(3-1)9-5-6-10-8;1-2-4-8-7(3-1)5-6-9-8;1-3-4-2/h1-6H;1-6H;3-4H,1-2H3/b;;4-3-. The van der Waals surface area contributed by atoms with E-state index in [4.69, 9.17) is 4.42 Å². The number of hydrogen-bond donors (Lipinski definition) is 0. The van der Waals surface area contributed by atoms with Crippen molar-refractivity contribution in [3.8, 4) is 0 Å². The predicted octanol–water partition coefficient (Wildman–Crippen LogP) is 5.65. The Morgan fingerprint density at radius 2 is 1.30 bits per heavy atom. The quantitative estimate of drug-likeness (QED) is 0.394. The minimum atomic E-state index is 0.949. The highest BCUT2D eigenvalue weighted by Gasteiger charge is 1.89. The van der Waals surface area contributed by atoms with Crippen LogP contribution in [0.4, 0.5) is 0 Å². The van der Waals surface area contributed by atoms with Crippen LogP contribution in [0.2, 0.25) is 0 Å². The normalized spacial score (nSPS) is 10.0. The third-order valence-corrected chi connectivity index (χ3v) is 3.07. The van der Waals surface area contributed by atoms with Gasteiger partial charge in [-0.1, -0.05) is 42.5 Å². The maximum atomic E-state index is 5.12. The molecule has 0 atom stereocenters. The lowest BCUT2D eigenvalue weighted by atomic mass is 10.3. The van der Waals surface area contributed by atoms with Crippen molar-refractivity contribution in [2.24, 2.45) is 0 Å². The van der Waals surface area contributed by atoms with Crippen LogP contribution >= 0.6 is 0 Å². The van der Waals surface area contributed by atoms with Crippen LogP contribution in [0.15, 0.2) is 89.8 Å². The zero-order chi connectivity index (χ0) is 16.3. The van der Waals surface area contributed by atoms with Crippen molar-refractivity contribution < 1.29 is 4.42 Å². The van der Waals surface area contributed by atoms with Gasteiger partial charge in [-0.25, -0.2) is 0 Å². The number of nitrogens with zero attached hydrogens (tertiary/aromatic N) is 2. The average molecular weight is 304 g/mol. The van der Waals surface area contributed by atoms with Crippen molar-refractivity contribution >= 4 is 22.0 Å². The van der Waals surface area contributed by atoms with Crippen molar-refractivity contribution in [1.29, 1.82) is 0 Å². The Morgan fingerprint density at radius 1 is 0.739 bits per heavy atom. The minimum Gasteiger partial charge on any atom is -0.464 e. The van der Waals surface area contributed by atoms with Gasteiger partial charge in [0.15, 0.2) is 0 Å². The molecule has 0 aliphatic carbocycles. The average Bonchev–Trinajstić information content (AvgIpc) is 3.11. The van der Waals surface area contributed by atoms with E-state index in [-0.39, 0.29) is 0 Å². The summed E-state index contributed by atoms with van der Waals surface area (Å²) in [5, 5.41) is 1.16. The Morgan fingerprint density at radius 3 is 1.87 bits per heavy atom. The first-order valence-electron chi connectivity index (χ1n) is 7.50. The highest BCUT2D eigenvalue weighted by atomic mass is 16.3. The molecule has 0 spiro atoms. The minimum absolute atomic E-state index is 0.949. The zero-order valence-electron chi connectivity index (χ0n) is 13.4. The van der Waals surface area contributed by atoms with Gasteiger partial charge in [0.25, 0.3) is 0 Å². The maximum Gasteiger partial charge on any atom is 0.133 e. The maximum absolute atomic E-state index is 5.12. The van der Waals surface area contributed by atoms with Crippen molar-refractivity contribution in [1.82, 2.24) is 9.97 Å². The predicted molar refractivity (Wildman–Crippen MR) is 96.2 cm³/mol.